The molecule has 0 amide bonds. The lowest BCUT2D eigenvalue weighted by molar-refractivity contribution is 0.0316. The molecular weight excluding hydrogens is 336 g/mol. The van der Waals surface area contributed by atoms with E-state index in [0.29, 0.717) is 22.4 Å². The molecule has 1 N–H and O–H groups in total. The van der Waals surface area contributed by atoms with Gasteiger partial charge in [0.1, 0.15) is 17.1 Å². The number of aromatic amines is 1. The topological polar surface area (TPSA) is 90.5 Å². The highest BCUT2D eigenvalue weighted by Gasteiger charge is 2.20. The zero-order valence-corrected chi connectivity index (χ0v) is 14.6. The number of aromatic nitrogens is 2. The van der Waals surface area contributed by atoms with Gasteiger partial charge in [-0.05, 0) is 37.3 Å². The van der Waals surface area contributed by atoms with Gasteiger partial charge >= 0.3 is 5.97 Å². The van der Waals surface area contributed by atoms with Crippen molar-refractivity contribution in [2.24, 2.45) is 0 Å². The number of fused-ring (bicyclic) bond motifs is 1. The molecule has 0 aliphatic carbocycles. The lowest BCUT2D eigenvalue weighted by Gasteiger charge is -2.15. The summed E-state index contributed by atoms with van der Waals surface area (Å²) in [6.07, 6.45) is -0.754. The molecule has 0 spiro atoms. The maximum atomic E-state index is 12.5. The van der Waals surface area contributed by atoms with E-state index in [1.165, 1.54) is 20.3 Å². The molecule has 0 aliphatic rings. The van der Waals surface area contributed by atoms with Gasteiger partial charge in [-0.1, -0.05) is 12.1 Å². The SMILES string of the molecule is COc1ccc(OC)c(C(=O)O[C@H](C)c2nc3ccccc3c(=O)[nH]2)c1. The number of ether oxygens (including phenoxy) is 3. The summed E-state index contributed by atoms with van der Waals surface area (Å²) in [5.41, 5.74) is 0.474. The summed E-state index contributed by atoms with van der Waals surface area (Å²) >= 11 is 0. The molecule has 7 nitrogen and oxygen atoms in total. The van der Waals surface area contributed by atoms with E-state index < -0.39 is 12.1 Å². The van der Waals surface area contributed by atoms with E-state index in [9.17, 15) is 9.59 Å². The van der Waals surface area contributed by atoms with Gasteiger partial charge in [-0.2, -0.15) is 0 Å². The average molecular weight is 354 g/mol. The first-order valence-corrected chi connectivity index (χ1v) is 7.95. The number of methoxy groups -OCH3 is 2. The van der Waals surface area contributed by atoms with Crippen molar-refractivity contribution in [3.8, 4) is 11.5 Å². The number of H-pyrrole nitrogens is 1. The lowest BCUT2D eigenvalue weighted by atomic mass is 10.2. The van der Waals surface area contributed by atoms with Crippen molar-refractivity contribution in [2.75, 3.05) is 14.2 Å². The Labute approximate surface area is 149 Å². The zero-order chi connectivity index (χ0) is 18.7. The number of nitrogens with zero attached hydrogens (tertiary/aromatic N) is 1. The molecule has 0 radical (unpaired) electrons. The van der Waals surface area contributed by atoms with E-state index >= 15 is 0 Å². The van der Waals surface area contributed by atoms with Crippen LogP contribution in [0.1, 0.15) is 29.2 Å². The summed E-state index contributed by atoms with van der Waals surface area (Å²) < 4.78 is 15.8. The van der Waals surface area contributed by atoms with Crippen LogP contribution in [0, 0.1) is 0 Å². The van der Waals surface area contributed by atoms with Crippen molar-refractivity contribution in [3.05, 3.63) is 64.2 Å². The molecule has 0 aliphatic heterocycles. The van der Waals surface area contributed by atoms with Crippen LogP contribution in [-0.4, -0.2) is 30.2 Å². The second-order valence-electron chi connectivity index (χ2n) is 5.58. The first-order chi connectivity index (χ1) is 12.5. The molecule has 26 heavy (non-hydrogen) atoms. The third-order valence-electron chi connectivity index (χ3n) is 3.93. The van der Waals surface area contributed by atoms with Gasteiger partial charge in [0.2, 0.25) is 0 Å². The smallest absolute Gasteiger partial charge is 0.342 e. The minimum atomic E-state index is -0.754. The Morgan fingerprint density at radius 3 is 2.62 bits per heavy atom. The van der Waals surface area contributed by atoms with Crippen LogP contribution in [0.15, 0.2) is 47.3 Å². The van der Waals surface area contributed by atoms with Crippen LogP contribution in [0.2, 0.25) is 0 Å². The molecule has 1 heterocycles. The predicted octanol–water partition coefficient (Wildman–Crippen LogP) is 2.86. The highest BCUT2D eigenvalue weighted by atomic mass is 16.5. The minimum absolute atomic E-state index is 0.224. The van der Waals surface area contributed by atoms with Crippen molar-refractivity contribution in [2.45, 2.75) is 13.0 Å². The monoisotopic (exact) mass is 354 g/mol. The Hall–Kier alpha value is -3.35. The second kappa shape index (κ2) is 7.26. The Balaban J connectivity index is 1.89. The van der Waals surface area contributed by atoms with Gasteiger partial charge in [-0.15, -0.1) is 0 Å². The molecule has 3 aromatic rings. The summed E-state index contributed by atoms with van der Waals surface area (Å²) in [7, 11) is 2.97. The zero-order valence-electron chi connectivity index (χ0n) is 14.6. The van der Waals surface area contributed by atoms with Crippen molar-refractivity contribution < 1.29 is 19.0 Å². The number of carbonyl (C=O) groups excluding carboxylic acids is 1. The quantitative estimate of drug-likeness (QED) is 0.709. The molecule has 0 bridgehead atoms. The fraction of sp³-hybridized carbons (Fsp3) is 0.211. The van der Waals surface area contributed by atoms with Crippen LogP contribution >= 0.6 is 0 Å². The van der Waals surface area contributed by atoms with Crippen LogP contribution in [0.3, 0.4) is 0 Å². The molecule has 134 valence electrons. The van der Waals surface area contributed by atoms with Gasteiger partial charge in [0.05, 0.1) is 25.1 Å². The second-order valence-corrected chi connectivity index (χ2v) is 5.58. The molecule has 0 unspecified atom stereocenters. The number of esters is 1. The van der Waals surface area contributed by atoms with Gasteiger partial charge < -0.3 is 19.2 Å². The fourth-order valence-electron chi connectivity index (χ4n) is 2.55. The van der Waals surface area contributed by atoms with Gasteiger partial charge in [-0.3, -0.25) is 4.79 Å². The van der Waals surface area contributed by atoms with E-state index in [0.717, 1.165) is 0 Å². The molecule has 1 aromatic heterocycles. The minimum Gasteiger partial charge on any atom is -0.497 e. The summed E-state index contributed by atoms with van der Waals surface area (Å²) in [5.74, 6) is 0.526. The maximum absolute atomic E-state index is 12.5. The molecule has 0 saturated carbocycles. The predicted molar refractivity (Wildman–Crippen MR) is 95.7 cm³/mol. The lowest BCUT2D eigenvalue weighted by Crippen LogP contribution is -2.17. The van der Waals surface area contributed by atoms with Crippen molar-refractivity contribution in [3.63, 3.8) is 0 Å². The normalized spacial score (nSPS) is 11.8. The van der Waals surface area contributed by atoms with Crippen LogP contribution in [0.5, 0.6) is 11.5 Å². The Kier molecular flexibility index (Phi) is 4.88. The van der Waals surface area contributed by atoms with Gasteiger partial charge in [-0.25, -0.2) is 9.78 Å². The molecular formula is C19H18N2O5. The molecule has 2 aromatic carbocycles. The number of rotatable bonds is 5. The number of hydrogen-bond acceptors (Lipinski definition) is 6. The van der Waals surface area contributed by atoms with Crippen LogP contribution < -0.4 is 15.0 Å². The summed E-state index contributed by atoms with van der Waals surface area (Å²) in [6.45, 7) is 1.64. The highest BCUT2D eigenvalue weighted by Crippen LogP contribution is 2.26. The number of benzene rings is 2. The van der Waals surface area contributed by atoms with Gasteiger partial charge in [0.25, 0.3) is 5.56 Å². The summed E-state index contributed by atoms with van der Waals surface area (Å²) in [4.78, 5) is 31.7. The molecule has 0 saturated heterocycles. The first-order valence-electron chi connectivity index (χ1n) is 7.95. The van der Waals surface area contributed by atoms with Crippen molar-refractivity contribution in [1.82, 2.24) is 9.97 Å². The molecule has 0 fully saturated rings. The fourth-order valence-corrected chi connectivity index (χ4v) is 2.55. The number of hydrogen-bond donors (Lipinski definition) is 1. The van der Waals surface area contributed by atoms with E-state index in [2.05, 4.69) is 9.97 Å². The number of para-hydroxylation sites is 1. The Morgan fingerprint density at radius 2 is 1.88 bits per heavy atom. The van der Waals surface area contributed by atoms with E-state index in [4.69, 9.17) is 14.2 Å². The highest BCUT2D eigenvalue weighted by molar-refractivity contribution is 5.93. The maximum Gasteiger partial charge on any atom is 0.342 e. The third-order valence-corrected chi connectivity index (χ3v) is 3.93. The Bertz CT molecular complexity index is 1010. The molecule has 1 atom stereocenters. The molecule has 3 rings (SSSR count). The summed E-state index contributed by atoms with van der Waals surface area (Å²) in [5, 5.41) is 0.476. The number of nitrogens with one attached hydrogen (secondary N) is 1. The van der Waals surface area contributed by atoms with Gasteiger partial charge in [0, 0.05) is 0 Å². The summed E-state index contributed by atoms with van der Waals surface area (Å²) in [6, 6.07) is 11.8. The van der Waals surface area contributed by atoms with Crippen LogP contribution in [0.25, 0.3) is 10.9 Å². The first kappa shape index (κ1) is 17.5. The molecule has 7 heteroatoms. The van der Waals surface area contributed by atoms with E-state index in [1.54, 1.807) is 43.3 Å². The Morgan fingerprint density at radius 1 is 1.12 bits per heavy atom. The van der Waals surface area contributed by atoms with E-state index in [1.807, 2.05) is 0 Å². The van der Waals surface area contributed by atoms with Gasteiger partial charge in [0.15, 0.2) is 11.9 Å². The third kappa shape index (κ3) is 3.37. The average Bonchev–Trinajstić information content (AvgIpc) is 2.67. The number of carbonyl (C=O) groups is 1. The standard InChI is InChI=1S/C19H18N2O5/c1-11(17-20-15-7-5-4-6-13(15)18(22)21-17)26-19(23)14-10-12(24-2)8-9-16(14)25-3/h4-11H,1-3H3,(H,20,21,22)/t11-/m1/s1. The van der Waals surface area contributed by atoms with Crippen molar-refractivity contribution >= 4 is 16.9 Å². The van der Waals surface area contributed by atoms with E-state index in [-0.39, 0.29) is 16.9 Å². The van der Waals surface area contributed by atoms with Crippen molar-refractivity contribution in [1.29, 1.82) is 0 Å². The largest absolute Gasteiger partial charge is 0.497 e. The van der Waals surface area contributed by atoms with Crippen LogP contribution in [0.4, 0.5) is 0 Å². The van der Waals surface area contributed by atoms with Crippen LogP contribution in [-0.2, 0) is 4.74 Å².